The lowest BCUT2D eigenvalue weighted by Crippen LogP contribution is -2.49. The molecule has 2 aromatic heterocycles. The van der Waals surface area contributed by atoms with Crippen LogP contribution in [0.4, 0.5) is 5.69 Å². The van der Waals surface area contributed by atoms with E-state index in [4.69, 9.17) is 11.6 Å². The van der Waals surface area contributed by atoms with Gasteiger partial charge in [0.15, 0.2) is 0 Å². The highest BCUT2D eigenvalue weighted by Crippen LogP contribution is 2.18. The summed E-state index contributed by atoms with van der Waals surface area (Å²) in [5.41, 5.74) is 4.07. The number of pyridine rings is 1. The van der Waals surface area contributed by atoms with E-state index in [1.807, 2.05) is 21.6 Å². The van der Waals surface area contributed by atoms with E-state index in [9.17, 15) is 4.79 Å². The first-order valence-corrected chi connectivity index (χ1v) is 9.19. The van der Waals surface area contributed by atoms with E-state index in [1.54, 1.807) is 12.3 Å². The van der Waals surface area contributed by atoms with Crippen molar-refractivity contribution in [3.05, 3.63) is 65.1 Å². The van der Waals surface area contributed by atoms with Crippen LogP contribution in [0.3, 0.4) is 0 Å². The van der Waals surface area contributed by atoms with Gasteiger partial charge in [-0.25, -0.2) is 4.98 Å². The molecule has 0 radical (unpaired) electrons. The van der Waals surface area contributed by atoms with Crippen LogP contribution in [0.5, 0.6) is 0 Å². The van der Waals surface area contributed by atoms with Gasteiger partial charge in [-0.2, -0.15) is 0 Å². The molecule has 134 valence electrons. The van der Waals surface area contributed by atoms with Gasteiger partial charge in [-0.05, 0) is 36.8 Å². The molecule has 0 aliphatic carbocycles. The normalized spacial score (nSPS) is 14.8. The van der Waals surface area contributed by atoms with Gasteiger partial charge >= 0.3 is 0 Å². The molecule has 26 heavy (non-hydrogen) atoms. The molecule has 4 rings (SSSR count). The number of carbonyl (C=O) groups is 1. The molecule has 0 unspecified atom stereocenters. The Balaban J connectivity index is 1.38. The Bertz CT molecular complexity index is 944. The number of anilines is 1. The lowest BCUT2D eigenvalue weighted by atomic mass is 10.2. The van der Waals surface area contributed by atoms with Crippen molar-refractivity contribution in [3.8, 4) is 0 Å². The van der Waals surface area contributed by atoms with Gasteiger partial charge in [-0.1, -0.05) is 23.7 Å². The summed E-state index contributed by atoms with van der Waals surface area (Å²) in [4.78, 5) is 21.4. The van der Waals surface area contributed by atoms with Crippen molar-refractivity contribution >= 4 is 28.8 Å². The van der Waals surface area contributed by atoms with Crippen molar-refractivity contribution in [2.75, 3.05) is 31.1 Å². The largest absolute Gasteiger partial charge is 0.368 e. The molecule has 0 atom stereocenters. The number of aryl methyl sites for hydroxylation is 1. The maximum atomic E-state index is 12.6. The third-order valence-corrected chi connectivity index (χ3v) is 5.02. The molecule has 0 bridgehead atoms. The molecule has 1 aliphatic rings. The van der Waals surface area contributed by atoms with E-state index in [2.05, 4.69) is 41.1 Å². The highest BCUT2D eigenvalue weighted by atomic mass is 35.5. The number of halogens is 1. The average molecular weight is 369 g/mol. The molecule has 0 saturated carbocycles. The fraction of sp³-hybridized carbons (Fsp3) is 0.300. The lowest BCUT2D eigenvalue weighted by molar-refractivity contribution is -0.130. The number of fused-ring (bicyclic) bond motifs is 1. The van der Waals surface area contributed by atoms with Crippen LogP contribution < -0.4 is 4.90 Å². The number of hydrogen-bond acceptors (Lipinski definition) is 3. The van der Waals surface area contributed by atoms with E-state index >= 15 is 0 Å². The summed E-state index contributed by atoms with van der Waals surface area (Å²) >= 11 is 6.00. The number of piperazine rings is 1. The second kappa shape index (κ2) is 7.00. The van der Waals surface area contributed by atoms with Crippen LogP contribution >= 0.6 is 11.6 Å². The number of imidazole rings is 1. The van der Waals surface area contributed by atoms with Crippen LogP contribution in [-0.4, -0.2) is 46.4 Å². The summed E-state index contributed by atoms with van der Waals surface area (Å²) in [6.07, 6.45) is 4.00. The van der Waals surface area contributed by atoms with Crippen LogP contribution in [0, 0.1) is 6.92 Å². The van der Waals surface area contributed by atoms with Crippen molar-refractivity contribution in [2.45, 2.75) is 13.3 Å². The van der Waals surface area contributed by atoms with Crippen LogP contribution in [0.25, 0.3) is 5.65 Å². The highest BCUT2D eigenvalue weighted by molar-refractivity contribution is 6.30. The molecule has 3 aromatic rings. The molecule has 1 saturated heterocycles. The maximum absolute atomic E-state index is 12.6. The van der Waals surface area contributed by atoms with Crippen molar-refractivity contribution < 1.29 is 4.79 Å². The first kappa shape index (κ1) is 16.9. The number of amides is 1. The molecule has 1 fully saturated rings. The smallest absolute Gasteiger partial charge is 0.228 e. The van der Waals surface area contributed by atoms with Crippen LogP contribution in [-0.2, 0) is 11.2 Å². The van der Waals surface area contributed by atoms with E-state index < -0.39 is 0 Å². The Morgan fingerprint density at radius 1 is 1.12 bits per heavy atom. The molecule has 0 N–H and O–H groups in total. The Morgan fingerprint density at radius 2 is 1.92 bits per heavy atom. The summed E-state index contributed by atoms with van der Waals surface area (Å²) in [6.45, 7) is 5.30. The number of nitrogens with zero attached hydrogens (tertiary/aromatic N) is 4. The van der Waals surface area contributed by atoms with Crippen molar-refractivity contribution in [1.29, 1.82) is 0 Å². The molecule has 1 amide bonds. The Labute approximate surface area is 157 Å². The number of benzene rings is 1. The Hall–Kier alpha value is -2.53. The number of carbonyl (C=O) groups excluding carboxylic acids is 1. The van der Waals surface area contributed by atoms with Crippen molar-refractivity contribution in [2.24, 2.45) is 0 Å². The molecular formula is C20H21ClN4O. The fourth-order valence-corrected chi connectivity index (χ4v) is 3.58. The van der Waals surface area contributed by atoms with E-state index in [-0.39, 0.29) is 5.91 Å². The zero-order valence-corrected chi connectivity index (χ0v) is 15.5. The number of aromatic nitrogens is 2. The molecule has 1 aliphatic heterocycles. The van der Waals surface area contributed by atoms with Crippen LogP contribution in [0.15, 0.2) is 48.8 Å². The first-order chi connectivity index (χ1) is 12.6. The van der Waals surface area contributed by atoms with Gasteiger partial charge in [0, 0.05) is 44.3 Å². The third kappa shape index (κ3) is 3.53. The molecule has 5 nitrogen and oxygen atoms in total. The summed E-state index contributed by atoms with van der Waals surface area (Å²) < 4.78 is 1.86. The maximum Gasteiger partial charge on any atom is 0.228 e. The SMILES string of the molecule is Cc1cccc(N2CCN(C(=O)Cc3cn4cc(Cl)ccc4n3)CC2)c1. The summed E-state index contributed by atoms with van der Waals surface area (Å²) in [6, 6.07) is 12.2. The van der Waals surface area contributed by atoms with E-state index in [0.717, 1.165) is 37.5 Å². The van der Waals surface area contributed by atoms with Crippen molar-refractivity contribution in [1.82, 2.24) is 14.3 Å². The predicted molar refractivity (Wildman–Crippen MR) is 104 cm³/mol. The van der Waals surface area contributed by atoms with Gasteiger partial charge in [0.05, 0.1) is 17.1 Å². The highest BCUT2D eigenvalue weighted by Gasteiger charge is 2.22. The van der Waals surface area contributed by atoms with Gasteiger partial charge < -0.3 is 14.2 Å². The second-order valence-corrected chi connectivity index (χ2v) is 7.17. The Morgan fingerprint density at radius 3 is 2.69 bits per heavy atom. The van der Waals surface area contributed by atoms with Gasteiger partial charge in [-0.3, -0.25) is 4.79 Å². The van der Waals surface area contributed by atoms with Gasteiger partial charge in [0.25, 0.3) is 0 Å². The monoisotopic (exact) mass is 368 g/mol. The molecule has 0 spiro atoms. The quantitative estimate of drug-likeness (QED) is 0.713. The molecular weight excluding hydrogens is 348 g/mol. The minimum Gasteiger partial charge on any atom is -0.368 e. The predicted octanol–water partition coefficient (Wildman–Crippen LogP) is 3.19. The minimum absolute atomic E-state index is 0.128. The molecule has 6 heteroatoms. The topological polar surface area (TPSA) is 40.9 Å². The number of hydrogen-bond donors (Lipinski definition) is 0. The summed E-state index contributed by atoms with van der Waals surface area (Å²) in [5.74, 6) is 0.128. The minimum atomic E-state index is 0.128. The summed E-state index contributed by atoms with van der Waals surface area (Å²) in [7, 11) is 0. The standard InChI is InChI=1S/C20H21ClN4O/c1-15-3-2-4-18(11-15)23-7-9-24(10-8-23)20(26)12-17-14-25-13-16(21)5-6-19(25)22-17/h2-6,11,13-14H,7-10,12H2,1H3. The van der Waals surface area contributed by atoms with Crippen LogP contribution in [0.1, 0.15) is 11.3 Å². The molecule has 3 heterocycles. The van der Waals surface area contributed by atoms with Gasteiger partial charge in [0.1, 0.15) is 5.65 Å². The van der Waals surface area contributed by atoms with Gasteiger partial charge in [0.2, 0.25) is 5.91 Å². The van der Waals surface area contributed by atoms with E-state index in [1.165, 1.54) is 11.3 Å². The molecule has 1 aromatic carbocycles. The summed E-state index contributed by atoms with van der Waals surface area (Å²) in [5, 5.41) is 0.653. The van der Waals surface area contributed by atoms with Gasteiger partial charge in [-0.15, -0.1) is 0 Å². The lowest BCUT2D eigenvalue weighted by Gasteiger charge is -2.36. The number of rotatable bonds is 3. The fourth-order valence-electron chi connectivity index (χ4n) is 3.41. The first-order valence-electron chi connectivity index (χ1n) is 8.81. The zero-order chi connectivity index (χ0) is 18.1. The van der Waals surface area contributed by atoms with Crippen molar-refractivity contribution in [3.63, 3.8) is 0 Å². The van der Waals surface area contributed by atoms with E-state index in [0.29, 0.717) is 11.4 Å². The average Bonchev–Trinajstić information content (AvgIpc) is 3.03. The third-order valence-electron chi connectivity index (χ3n) is 4.80. The van der Waals surface area contributed by atoms with Crippen LogP contribution in [0.2, 0.25) is 5.02 Å². The Kier molecular flexibility index (Phi) is 4.55. The zero-order valence-electron chi connectivity index (χ0n) is 14.7. The second-order valence-electron chi connectivity index (χ2n) is 6.73.